The lowest BCUT2D eigenvalue weighted by Gasteiger charge is -2.11. The van der Waals surface area contributed by atoms with Crippen molar-refractivity contribution in [2.45, 2.75) is 20.5 Å². The van der Waals surface area contributed by atoms with Gasteiger partial charge in [0.2, 0.25) is 0 Å². The molecule has 0 saturated heterocycles. The quantitative estimate of drug-likeness (QED) is 0.825. The number of carboxylic acids is 1. The van der Waals surface area contributed by atoms with Crippen molar-refractivity contribution in [2.24, 2.45) is 0 Å². The van der Waals surface area contributed by atoms with Crippen molar-refractivity contribution in [3.8, 4) is 5.75 Å². The minimum atomic E-state index is -2.94. The summed E-state index contributed by atoms with van der Waals surface area (Å²) in [6.45, 7) is 0.0302. The Morgan fingerprint density at radius 3 is 2.41 bits per heavy atom. The van der Waals surface area contributed by atoms with Crippen LogP contribution in [0.2, 0.25) is 0 Å². The van der Waals surface area contributed by atoms with Gasteiger partial charge in [-0.1, -0.05) is 18.2 Å². The number of carboxylic acid groups (broad SMARTS) is 1. The molecule has 1 aromatic rings. The fourth-order valence-electron chi connectivity index (χ4n) is 1.34. The summed E-state index contributed by atoms with van der Waals surface area (Å²) in [6.07, 6.45) is 0. The van der Waals surface area contributed by atoms with E-state index >= 15 is 0 Å². The zero-order valence-corrected chi connectivity index (χ0v) is 9.41. The predicted octanol–water partition coefficient (Wildman–Crippen LogP) is 3.17. The van der Waals surface area contributed by atoms with Crippen LogP contribution < -0.4 is 4.74 Å². The van der Waals surface area contributed by atoms with Crippen LogP contribution in [0.4, 0.5) is 8.78 Å². The lowest BCUT2D eigenvalue weighted by Crippen LogP contribution is -2.05. The molecule has 1 N–H and O–H groups in total. The van der Waals surface area contributed by atoms with Crippen molar-refractivity contribution < 1.29 is 23.4 Å². The Labute approximate surface area is 97.3 Å². The van der Waals surface area contributed by atoms with Gasteiger partial charge in [-0.15, -0.1) is 0 Å². The first-order chi connectivity index (χ1) is 7.93. The van der Waals surface area contributed by atoms with Crippen LogP contribution in [0, 0.1) is 0 Å². The van der Waals surface area contributed by atoms with Gasteiger partial charge in [0.15, 0.2) is 0 Å². The molecule has 0 aliphatic carbocycles. The highest BCUT2D eigenvalue weighted by atomic mass is 19.3. The summed E-state index contributed by atoms with van der Waals surface area (Å²) in [5.41, 5.74) is 0.844. The van der Waals surface area contributed by atoms with Crippen LogP contribution in [0.3, 0.4) is 0 Å². The molecular weight excluding hydrogens is 230 g/mol. The lowest BCUT2D eigenvalue weighted by atomic mass is 10.0. The van der Waals surface area contributed by atoms with Gasteiger partial charge >= 0.3 is 12.6 Å². The molecule has 0 aliphatic rings. The lowest BCUT2D eigenvalue weighted by molar-refractivity contribution is -0.132. The number of hydrogen-bond donors (Lipinski definition) is 1. The van der Waals surface area contributed by atoms with Crippen molar-refractivity contribution in [3.63, 3.8) is 0 Å². The molecule has 0 radical (unpaired) electrons. The van der Waals surface area contributed by atoms with Gasteiger partial charge in [0, 0.05) is 11.1 Å². The maximum atomic E-state index is 12.2. The molecule has 0 heterocycles. The highest BCUT2D eigenvalue weighted by molar-refractivity contribution is 5.96. The zero-order chi connectivity index (χ0) is 13.0. The second-order valence-corrected chi connectivity index (χ2v) is 3.43. The molecule has 1 aromatic carbocycles. The molecule has 3 nitrogen and oxygen atoms in total. The minimum absolute atomic E-state index is 0.0272. The van der Waals surface area contributed by atoms with Crippen LogP contribution >= 0.6 is 0 Å². The number of aliphatic carboxylic acids is 1. The first-order valence-electron chi connectivity index (χ1n) is 4.88. The maximum absolute atomic E-state index is 12.2. The molecule has 0 fully saturated rings. The number of halogens is 2. The number of alkyl halides is 2. The number of ether oxygens (including phenoxy) is 1. The molecule has 0 bridgehead atoms. The summed E-state index contributed by atoms with van der Waals surface area (Å²) in [5.74, 6) is -1.12. The third-order valence-electron chi connectivity index (χ3n) is 2.39. The molecule has 0 amide bonds. The van der Waals surface area contributed by atoms with E-state index in [4.69, 9.17) is 5.11 Å². The summed E-state index contributed by atoms with van der Waals surface area (Å²) in [5, 5.41) is 8.84. The molecule has 17 heavy (non-hydrogen) atoms. The van der Waals surface area contributed by atoms with Gasteiger partial charge < -0.3 is 9.84 Å². The average molecular weight is 242 g/mol. The van der Waals surface area contributed by atoms with Crippen molar-refractivity contribution in [3.05, 3.63) is 35.4 Å². The van der Waals surface area contributed by atoms with Gasteiger partial charge in [-0.05, 0) is 25.5 Å². The number of para-hydroxylation sites is 1. The largest absolute Gasteiger partial charge is 0.478 e. The summed E-state index contributed by atoms with van der Waals surface area (Å²) in [7, 11) is 0. The van der Waals surface area contributed by atoms with Crippen molar-refractivity contribution in [1.29, 1.82) is 0 Å². The van der Waals surface area contributed by atoms with Gasteiger partial charge in [0.25, 0.3) is 0 Å². The molecule has 0 saturated carbocycles. The van der Waals surface area contributed by atoms with E-state index in [1.807, 2.05) is 0 Å². The molecule has 92 valence electrons. The number of hydrogen-bond acceptors (Lipinski definition) is 2. The molecule has 0 spiro atoms. The van der Waals surface area contributed by atoms with Crippen LogP contribution in [0.5, 0.6) is 5.75 Å². The Bertz CT molecular complexity index is 453. The molecule has 1 rings (SSSR count). The summed E-state index contributed by atoms with van der Waals surface area (Å²) >= 11 is 0. The standard InChI is InChI=1S/C12H12F2O3/c1-7(8(2)11(15)16)9-5-3-4-6-10(9)17-12(13)14/h3-6,12H,1-2H3,(H,15,16). The van der Waals surface area contributed by atoms with E-state index in [1.54, 1.807) is 25.1 Å². The average Bonchev–Trinajstić information content (AvgIpc) is 2.27. The first-order valence-corrected chi connectivity index (χ1v) is 4.88. The molecular formula is C12H12F2O3. The zero-order valence-electron chi connectivity index (χ0n) is 9.41. The third-order valence-corrected chi connectivity index (χ3v) is 2.39. The molecule has 5 heteroatoms. The second-order valence-electron chi connectivity index (χ2n) is 3.43. The van der Waals surface area contributed by atoms with Gasteiger partial charge in [0.05, 0.1) is 0 Å². The van der Waals surface area contributed by atoms with Crippen molar-refractivity contribution in [2.75, 3.05) is 0 Å². The number of carbonyl (C=O) groups is 1. The van der Waals surface area contributed by atoms with Gasteiger partial charge in [-0.2, -0.15) is 8.78 Å². The Morgan fingerprint density at radius 2 is 1.88 bits per heavy atom. The fourth-order valence-corrected chi connectivity index (χ4v) is 1.34. The Kier molecular flexibility index (Phi) is 4.20. The third kappa shape index (κ3) is 3.27. The monoisotopic (exact) mass is 242 g/mol. The summed E-state index contributed by atoms with van der Waals surface area (Å²) in [6, 6.07) is 6.09. The van der Waals surface area contributed by atoms with E-state index in [2.05, 4.69) is 4.74 Å². The second kappa shape index (κ2) is 5.43. The predicted molar refractivity (Wildman–Crippen MR) is 59.0 cm³/mol. The Balaban J connectivity index is 3.22. The summed E-state index contributed by atoms with van der Waals surface area (Å²) in [4.78, 5) is 10.8. The molecule has 0 unspecified atom stereocenters. The van der Waals surface area contributed by atoms with E-state index in [0.29, 0.717) is 11.1 Å². The van der Waals surface area contributed by atoms with Crippen LogP contribution in [0.15, 0.2) is 29.8 Å². The minimum Gasteiger partial charge on any atom is -0.478 e. The highest BCUT2D eigenvalue weighted by Crippen LogP contribution is 2.29. The Morgan fingerprint density at radius 1 is 1.29 bits per heavy atom. The van der Waals surface area contributed by atoms with Gasteiger partial charge in [-0.3, -0.25) is 0 Å². The van der Waals surface area contributed by atoms with E-state index in [-0.39, 0.29) is 11.3 Å². The first kappa shape index (κ1) is 13.2. The van der Waals surface area contributed by atoms with E-state index in [9.17, 15) is 13.6 Å². The number of allylic oxidation sites excluding steroid dienone is 1. The van der Waals surface area contributed by atoms with Crippen LogP contribution in [-0.4, -0.2) is 17.7 Å². The summed E-state index contributed by atoms with van der Waals surface area (Å²) < 4.78 is 28.7. The van der Waals surface area contributed by atoms with Crippen LogP contribution in [-0.2, 0) is 4.79 Å². The van der Waals surface area contributed by atoms with Gasteiger partial charge in [-0.25, -0.2) is 4.79 Å². The van der Waals surface area contributed by atoms with Crippen molar-refractivity contribution in [1.82, 2.24) is 0 Å². The van der Waals surface area contributed by atoms with Gasteiger partial charge in [0.1, 0.15) is 5.75 Å². The van der Waals surface area contributed by atoms with E-state index in [0.717, 1.165) is 0 Å². The smallest absolute Gasteiger partial charge is 0.387 e. The molecule has 0 atom stereocenters. The normalized spacial score (nSPS) is 12.3. The van der Waals surface area contributed by atoms with Crippen LogP contribution in [0.1, 0.15) is 19.4 Å². The van der Waals surface area contributed by atoms with Crippen LogP contribution in [0.25, 0.3) is 5.57 Å². The fraction of sp³-hybridized carbons (Fsp3) is 0.250. The maximum Gasteiger partial charge on any atom is 0.387 e. The number of rotatable bonds is 4. The molecule has 0 aromatic heterocycles. The SMILES string of the molecule is CC(C(=O)O)=C(C)c1ccccc1OC(F)F. The van der Waals surface area contributed by atoms with Crippen molar-refractivity contribution >= 4 is 11.5 Å². The Hall–Kier alpha value is -1.91. The van der Waals surface area contributed by atoms with E-state index < -0.39 is 12.6 Å². The topological polar surface area (TPSA) is 46.5 Å². The highest BCUT2D eigenvalue weighted by Gasteiger charge is 2.13. The molecule has 0 aliphatic heterocycles. The number of benzene rings is 1. The van der Waals surface area contributed by atoms with E-state index in [1.165, 1.54) is 13.0 Å².